The zero-order valence-electron chi connectivity index (χ0n) is 15.8. The molecule has 4 aromatic rings. The van der Waals surface area contributed by atoms with Crippen molar-refractivity contribution in [2.45, 2.75) is 6.61 Å². The molecule has 0 aliphatic carbocycles. The number of carbonyl (C=O) groups is 1. The fourth-order valence-electron chi connectivity index (χ4n) is 3.04. The molecule has 0 aliphatic rings. The van der Waals surface area contributed by atoms with E-state index in [4.69, 9.17) is 15.3 Å². The molecule has 0 aliphatic heterocycles. The van der Waals surface area contributed by atoms with Crippen LogP contribution in [-0.2, 0) is 6.61 Å². The van der Waals surface area contributed by atoms with Gasteiger partial charge in [0.25, 0.3) is 5.91 Å². The number of rotatable bonds is 6. The number of aromatic nitrogens is 2. The lowest BCUT2D eigenvalue weighted by atomic mass is 10.2. The molecule has 0 unspecified atom stereocenters. The largest absolute Gasteiger partial charge is 0.493 e. The minimum atomic E-state index is -0.357. The van der Waals surface area contributed by atoms with Crippen molar-refractivity contribution in [1.29, 1.82) is 0 Å². The molecule has 4 N–H and O–H groups in total. The fraction of sp³-hybridized carbons (Fsp3) is 0.0909. The Labute approximate surface area is 167 Å². The molecule has 1 aromatic heterocycles. The molecular weight excluding hydrogens is 368 g/mol. The summed E-state index contributed by atoms with van der Waals surface area (Å²) in [6, 6.07) is 20.7. The molecule has 0 atom stereocenters. The number of hydrogen-bond acceptors (Lipinski definition) is 5. The first-order chi connectivity index (χ1) is 14.2. The molecule has 29 heavy (non-hydrogen) atoms. The first-order valence-electron chi connectivity index (χ1n) is 9.04. The van der Waals surface area contributed by atoms with Crippen LogP contribution in [0.4, 0.5) is 0 Å². The number of benzene rings is 3. The van der Waals surface area contributed by atoms with Crippen LogP contribution >= 0.6 is 0 Å². The highest BCUT2D eigenvalue weighted by molar-refractivity contribution is 5.97. The molecule has 1 heterocycles. The van der Waals surface area contributed by atoms with Gasteiger partial charge < -0.3 is 14.5 Å². The molecule has 7 heteroatoms. The fourth-order valence-corrected chi connectivity index (χ4v) is 3.04. The number of nitrogens with two attached hydrogens (primary N) is 1. The second kappa shape index (κ2) is 8.04. The van der Waals surface area contributed by atoms with E-state index in [1.807, 2.05) is 48.5 Å². The topological polar surface area (TPSA) is 102 Å². The van der Waals surface area contributed by atoms with Gasteiger partial charge in [0, 0.05) is 11.1 Å². The van der Waals surface area contributed by atoms with Crippen molar-refractivity contribution in [3.05, 3.63) is 77.9 Å². The van der Waals surface area contributed by atoms with Crippen LogP contribution in [0.1, 0.15) is 15.9 Å². The Hall–Kier alpha value is -3.84. The number of methoxy groups -OCH3 is 1. The molecule has 1 amide bonds. The van der Waals surface area contributed by atoms with E-state index in [1.54, 1.807) is 25.3 Å². The normalized spacial score (nSPS) is 10.7. The third-order valence-electron chi connectivity index (χ3n) is 4.55. The van der Waals surface area contributed by atoms with Crippen LogP contribution in [-0.4, -0.2) is 23.0 Å². The first kappa shape index (κ1) is 18.5. The van der Waals surface area contributed by atoms with Crippen LogP contribution in [0.3, 0.4) is 0 Å². The van der Waals surface area contributed by atoms with Crippen molar-refractivity contribution in [3.8, 4) is 22.9 Å². The average molecular weight is 388 g/mol. The van der Waals surface area contributed by atoms with Crippen molar-refractivity contribution in [1.82, 2.24) is 15.4 Å². The molecule has 146 valence electrons. The molecule has 0 bridgehead atoms. The summed E-state index contributed by atoms with van der Waals surface area (Å²) in [6.07, 6.45) is 0. The summed E-state index contributed by atoms with van der Waals surface area (Å²) < 4.78 is 11.4. The Kier molecular flexibility index (Phi) is 5.13. The highest BCUT2D eigenvalue weighted by Gasteiger charge is 2.12. The predicted molar refractivity (Wildman–Crippen MR) is 111 cm³/mol. The smallest absolute Gasteiger partial charge is 0.265 e. The molecule has 0 fully saturated rings. The summed E-state index contributed by atoms with van der Waals surface area (Å²) in [5, 5.41) is 0. The zero-order chi connectivity index (χ0) is 20.2. The average Bonchev–Trinajstić information content (AvgIpc) is 3.21. The van der Waals surface area contributed by atoms with E-state index in [9.17, 15) is 4.79 Å². The Morgan fingerprint density at radius 1 is 1.07 bits per heavy atom. The van der Waals surface area contributed by atoms with E-state index >= 15 is 0 Å². The lowest BCUT2D eigenvalue weighted by molar-refractivity contribution is 0.0954. The van der Waals surface area contributed by atoms with Gasteiger partial charge in [0.2, 0.25) is 0 Å². The van der Waals surface area contributed by atoms with Gasteiger partial charge in [-0.1, -0.05) is 30.3 Å². The van der Waals surface area contributed by atoms with E-state index in [1.165, 1.54) is 0 Å². The Balaban J connectivity index is 1.60. The van der Waals surface area contributed by atoms with Crippen LogP contribution in [0.2, 0.25) is 0 Å². The lowest BCUT2D eigenvalue weighted by Crippen LogP contribution is -2.29. The van der Waals surface area contributed by atoms with Crippen molar-refractivity contribution in [2.75, 3.05) is 7.11 Å². The van der Waals surface area contributed by atoms with Gasteiger partial charge in [-0.05, 0) is 42.0 Å². The minimum Gasteiger partial charge on any atom is -0.493 e. The molecule has 0 saturated heterocycles. The van der Waals surface area contributed by atoms with E-state index in [0.29, 0.717) is 29.5 Å². The van der Waals surface area contributed by atoms with Crippen molar-refractivity contribution in [2.24, 2.45) is 5.84 Å². The number of nitrogen functional groups attached to an aromatic ring is 1. The summed E-state index contributed by atoms with van der Waals surface area (Å²) in [4.78, 5) is 19.5. The van der Waals surface area contributed by atoms with Crippen LogP contribution in [0.5, 0.6) is 11.5 Å². The second-order valence-electron chi connectivity index (χ2n) is 6.43. The maximum atomic E-state index is 11.7. The molecule has 0 saturated carbocycles. The Bertz CT molecular complexity index is 1160. The van der Waals surface area contributed by atoms with Gasteiger partial charge in [0.1, 0.15) is 12.4 Å². The number of hydrazine groups is 1. The van der Waals surface area contributed by atoms with Gasteiger partial charge in [0.05, 0.1) is 18.1 Å². The van der Waals surface area contributed by atoms with Gasteiger partial charge in [0.15, 0.2) is 11.5 Å². The highest BCUT2D eigenvalue weighted by Crippen LogP contribution is 2.33. The number of nitrogens with one attached hydrogen (secondary N) is 2. The summed E-state index contributed by atoms with van der Waals surface area (Å²) in [6.45, 7) is 0.452. The molecule has 4 rings (SSSR count). The number of aromatic amines is 1. The number of imidazole rings is 1. The molecule has 0 spiro atoms. The minimum absolute atomic E-state index is 0.357. The monoisotopic (exact) mass is 388 g/mol. The Morgan fingerprint density at radius 3 is 2.66 bits per heavy atom. The number of H-pyrrole nitrogens is 1. The number of ether oxygens (including phenoxy) is 2. The van der Waals surface area contributed by atoms with Crippen LogP contribution < -0.4 is 20.7 Å². The number of nitrogens with zero attached hydrogens (tertiary/aromatic N) is 1. The van der Waals surface area contributed by atoms with E-state index in [-0.39, 0.29) is 5.91 Å². The van der Waals surface area contributed by atoms with Crippen LogP contribution in [0.15, 0.2) is 66.7 Å². The third kappa shape index (κ3) is 3.90. The SMILES string of the molecule is COc1cc(-c2nc3ccc(C(=O)NN)cc3[nH]2)ccc1OCc1ccccc1. The predicted octanol–water partition coefficient (Wildman–Crippen LogP) is 3.42. The van der Waals surface area contributed by atoms with Crippen LogP contribution in [0.25, 0.3) is 22.4 Å². The van der Waals surface area contributed by atoms with Gasteiger partial charge in [-0.3, -0.25) is 10.2 Å². The standard InChI is InChI=1S/C22H20N4O3/c1-28-20-12-15(8-10-19(20)29-13-14-5-3-2-4-6-14)21-24-17-9-7-16(22(27)26-23)11-18(17)25-21/h2-12H,13,23H2,1H3,(H,24,25)(H,26,27). The molecule has 7 nitrogen and oxygen atoms in total. The lowest BCUT2D eigenvalue weighted by Gasteiger charge is -2.11. The summed E-state index contributed by atoms with van der Waals surface area (Å²) in [7, 11) is 1.60. The van der Waals surface area contributed by atoms with Crippen LogP contribution in [0, 0.1) is 0 Å². The zero-order valence-corrected chi connectivity index (χ0v) is 15.8. The highest BCUT2D eigenvalue weighted by atomic mass is 16.5. The number of hydrogen-bond donors (Lipinski definition) is 3. The number of carbonyl (C=O) groups excluding carboxylic acids is 1. The van der Waals surface area contributed by atoms with Crippen molar-refractivity contribution >= 4 is 16.9 Å². The maximum Gasteiger partial charge on any atom is 0.265 e. The maximum absolute atomic E-state index is 11.7. The number of fused-ring (bicyclic) bond motifs is 1. The summed E-state index contributed by atoms with van der Waals surface area (Å²) >= 11 is 0. The van der Waals surface area contributed by atoms with E-state index < -0.39 is 0 Å². The third-order valence-corrected chi connectivity index (χ3v) is 4.55. The van der Waals surface area contributed by atoms with Crippen molar-refractivity contribution < 1.29 is 14.3 Å². The molecular formula is C22H20N4O3. The summed E-state index contributed by atoms with van der Waals surface area (Å²) in [5.74, 6) is 6.77. The van der Waals surface area contributed by atoms with Crippen molar-refractivity contribution in [3.63, 3.8) is 0 Å². The van der Waals surface area contributed by atoms with E-state index in [2.05, 4.69) is 15.4 Å². The summed E-state index contributed by atoms with van der Waals surface area (Å²) in [5.41, 5.74) is 5.99. The van der Waals surface area contributed by atoms with Gasteiger partial charge in [-0.25, -0.2) is 10.8 Å². The first-order valence-corrected chi connectivity index (χ1v) is 9.04. The molecule has 3 aromatic carbocycles. The second-order valence-corrected chi connectivity index (χ2v) is 6.43. The molecule has 0 radical (unpaired) electrons. The van der Waals surface area contributed by atoms with Gasteiger partial charge in [-0.15, -0.1) is 0 Å². The van der Waals surface area contributed by atoms with Gasteiger partial charge >= 0.3 is 0 Å². The number of amides is 1. The van der Waals surface area contributed by atoms with Gasteiger partial charge in [-0.2, -0.15) is 0 Å². The van der Waals surface area contributed by atoms with E-state index in [0.717, 1.165) is 22.2 Å². The Morgan fingerprint density at radius 2 is 1.90 bits per heavy atom. The quantitative estimate of drug-likeness (QED) is 0.267.